The lowest BCUT2D eigenvalue weighted by molar-refractivity contribution is 0.0697. The summed E-state index contributed by atoms with van der Waals surface area (Å²) in [6.45, 7) is 0. The number of carboxylic acids is 1. The van der Waals surface area contributed by atoms with E-state index in [0.29, 0.717) is 5.69 Å². The Balaban J connectivity index is 3.03. The van der Waals surface area contributed by atoms with Gasteiger partial charge in [0.25, 0.3) is 0 Å². The minimum Gasteiger partial charge on any atom is -0.478 e. The summed E-state index contributed by atoms with van der Waals surface area (Å²) in [4.78, 5) is 10.6. The van der Waals surface area contributed by atoms with Crippen LogP contribution in [0.15, 0.2) is 24.3 Å². The molecule has 0 bridgehead atoms. The fourth-order valence-electron chi connectivity index (χ4n) is 1.15. The molecule has 90 valence electrons. The summed E-state index contributed by atoms with van der Waals surface area (Å²) in [6, 6.07) is 6.91. The Bertz CT molecular complexity index is 557. The first-order valence-electron chi connectivity index (χ1n) is 4.55. The van der Waals surface area contributed by atoms with E-state index < -0.39 is 21.7 Å². The van der Waals surface area contributed by atoms with Crippen LogP contribution in [0.5, 0.6) is 0 Å². The van der Waals surface area contributed by atoms with E-state index >= 15 is 0 Å². The predicted octanol–water partition coefficient (Wildman–Crippen LogP) is 0.674. The van der Waals surface area contributed by atoms with Gasteiger partial charge < -0.3 is 5.11 Å². The zero-order chi connectivity index (χ0) is 13.1. The predicted molar refractivity (Wildman–Crippen MR) is 61.2 cm³/mol. The third kappa shape index (κ3) is 2.95. The normalized spacial score (nSPS) is 10.6. The minimum atomic E-state index is -3.67. The molecule has 1 aromatic rings. The third-order valence-corrected chi connectivity index (χ3v) is 3.68. The highest BCUT2D eigenvalue weighted by atomic mass is 32.2. The van der Waals surface area contributed by atoms with E-state index in [1.54, 1.807) is 6.07 Å². The van der Waals surface area contributed by atoms with Gasteiger partial charge in [0.05, 0.1) is 17.3 Å². The van der Waals surface area contributed by atoms with Gasteiger partial charge in [-0.2, -0.15) is 5.26 Å². The lowest BCUT2D eigenvalue weighted by Gasteiger charge is -2.17. The number of nitrogens with zero attached hydrogens (tertiary/aromatic N) is 2. The molecule has 0 heterocycles. The molecule has 0 amide bonds. The molecule has 17 heavy (non-hydrogen) atoms. The van der Waals surface area contributed by atoms with Crippen LogP contribution in [-0.4, -0.2) is 32.3 Å². The van der Waals surface area contributed by atoms with Crippen molar-refractivity contribution in [3.63, 3.8) is 0 Å². The van der Waals surface area contributed by atoms with E-state index in [1.165, 1.54) is 31.3 Å². The van der Waals surface area contributed by atoms with Gasteiger partial charge in [-0.3, -0.25) is 4.31 Å². The molecule has 0 radical (unpaired) electrons. The minimum absolute atomic E-state index is 0.0693. The number of carbonyl (C=O) groups is 1. The molecule has 0 unspecified atom stereocenters. The maximum absolute atomic E-state index is 11.5. The Kier molecular flexibility index (Phi) is 3.70. The molecule has 0 aromatic heterocycles. The molecule has 7 heteroatoms. The first kappa shape index (κ1) is 13.0. The topological polar surface area (TPSA) is 98.5 Å². The van der Waals surface area contributed by atoms with Gasteiger partial charge in [0.2, 0.25) is 10.0 Å². The Morgan fingerprint density at radius 2 is 1.94 bits per heavy atom. The summed E-state index contributed by atoms with van der Waals surface area (Å²) < 4.78 is 24.0. The molecule has 0 atom stereocenters. The van der Waals surface area contributed by atoms with Crippen LogP contribution in [-0.2, 0) is 10.0 Å². The molecule has 1 rings (SSSR count). The smallest absolute Gasteiger partial charge is 0.335 e. The molecule has 0 fully saturated rings. The van der Waals surface area contributed by atoms with Crippen LogP contribution in [0.3, 0.4) is 0 Å². The Hall–Kier alpha value is -2.07. The summed E-state index contributed by atoms with van der Waals surface area (Å²) in [5.41, 5.74) is 0.380. The lowest BCUT2D eigenvalue weighted by atomic mass is 10.2. The van der Waals surface area contributed by atoms with Crippen molar-refractivity contribution in [3.8, 4) is 6.07 Å². The van der Waals surface area contributed by atoms with Crippen LogP contribution in [0, 0.1) is 11.3 Å². The standard InChI is InChI=1S/C10H10N2O4S/c1-12(17(15,16)7-6-11)9-4-2-8(3-5-9)10(13)14/h2-5H,7H2,1H3,(H,13,14). The third-order valence-electron chi connectivity index (χ3n) is 2.14. The van der Waals surface area contributed by atoms with Gasteiger partial charge in [0, 0.05) is 7.05 Å². The molecule has 0 saturated heterocycles. The fourth-order valence-corrected chi connectivity index (χ4v) is 1.95. The lowest BCUT2D eigenvalue weighted by Crippen LogP contribution is -2.28. The second-order valence-electron chi connectivity index (χ2n) is 3.23. The van der Waals surface area contributed by atoms with Gasteiger partial charge in [0.1, 0.15) is 0 Å². The number of hydrogen-bond acceptors (Lipinski definition) is 4. The van der Waals surface area contributed by atoms with Gasteiger partial charge >= 0.3 is 5.97 Å². The van der Waals surface area contributed by atoms with Crippen molar-refractivity contribution in [1.29, 1.82) is 5.26 Å². The number of benzene rings is 1. The summed E-state index contributed by atoms with van der Waals surface area (Å²) in [6.07, 6.45) is 0. The largest absolute Gasteiger partial charge is 0.478 e. The second-order valence-corrected chi connectivity index (χ2v) is 5.23. The number of aromatic carboxylic acids is 1. The number of hydrogen-bond donors (Lipinski definition) is 1. The van der Waals surface area contributed by atoms with Crippen molar-refractivity contribution in [2.75, 3.05) is 17.1 Å². The maximum atomic E-state index is 11.5. The molecular weight excluding hydrogens is 244 g/mol. The average Bonchev–Trinajstić information content (AvgIpc) is 2.28. The van der Waals surface area contributed by atoms with E-state index in [2.05, 4.69) is 0 Å². The quantitative estimate of drug-likeness (QED) is 0.851. The first-order valence-corrected chi connectivity index (χ1v) is 6.16. The summed E-state index contributed by atoms with van der Waals surface area (Å²) >= 11 is 0. The molecule has 1 N–H and O–H groups in total. The molecule has 6 nitrogen and oxygen atoms in total. The second kappa shape index (κ2) is 4.84. The van der Waals surface area contributed by atoms with E-state index in [-0.39, 0.29) is 5.56 Å². The Morgan fingerprint density at radius 1 is 1.41 bits per heavy atom. The fraction of sp³-hybridized carbons (Fsp3) is 0.200. The zero-order valence-electron chi connectivity index (χ0n) is 8.99. The summed E-state index contributed by atoms with van der Waals surface area (Å²) in [7, 11) is -2.36. The molecule has 0 saturated carbocycles. The highest BCUT2D eigenvalue weighted by Crippen LogP contribution is 2.17. The molecular formula is C10H10N2O4S. The zero-order valence-corrected chi connectivity index (χ0v) is 9.81. The van der Waals surface area contributed by atoms with Crippen LogP contribution in [0.25, 0.3) is 0 Å². The van der Waals surface area contributed by atoms with E-state index in [1.807, 2.05) is 0 Å². The number of nitriles is 1. The van der Waals surface area contributed by atoms with Crippen molar-refractivity contribution >= 4 is 21.7 Å². The van der Waals surface area contributed by atoms with Crippen LogP contribution < -0.4 is 4.31 Å². The summed E-state index contributed by atoms with van der Waals surface area (Å²) in [5.74, 6) is -1.71. The van der Waals surface area contributed by atoms with Crippen LogP contribution in [0.1, 0.15) is 10.4 Å². The Labute approximate surface area is 98.8 Å². The maximum Gasteiger partial charge on any atom is 0.335 e. The first-order chi connectivity index (χ1) is 7.88. The van der Waals surface area contributed by atoms with Gasteiger partial charge in [-0.1, -0.05) is 0 Å². The molecule has 0 aliphatic carbocycles. The van der Waals surface area contributed by atoms with Gasteiger partial charge in [-0.15, -0.1) is 0 Å². The van der Waals surface area contributed by atoms with Gasteiger partial charge in [-0.25, -0.2) is 13.2 Å². The van der Waals surface area contributed by atoms with Gasteiger partial charge in [0.15, 0.2) is 5.75 Å². The Morgan fingerprint density at radius 3 is 2.35 bits per heavy atom. The number of anilines is 1. The van der Waals surface area contributed by atoms with E-state index in [9.17, 15) is 13.2 Å². The van der Waals surface area contributed by atoms with E-state index in [0.717, 1.165) is 4.31 Å². The van der Waals surface area contributed by atoms with Crippen molar-refractivity contribution in [3.05, 3.63) is 29.8 Å². The number of carboxylic acid groups (broad SMARTS) is 1. The van der Waals surface area contributed by atoms with Crippen molar-refractivity contribution < 1.29 is 18.3 Å². The SMILES string of the molecule is CN(c1ccc(C(=O)O)cc1)S(=O)(=O)CC#N. The summed E-state index contributed by atoms with van der Waals surface area (Å²) in [5, 5.41) is 17.1. The molecule has 0 aliphatic heterocycles. The van der Waals surface area contributed by atoms with Crippen molar-refractivity contribution in [2.24, 2.45) is 0 Å². The number of sulfonamides is 1. The molecule has 1 aromatic carbocycles. The highest BCUT2D eigenvalue weighted by Gasteiger charge is 2.18. The van der Waals surface area contributed by atoms with Crippen LogP contribution in [0.4, 0.5) is 5.69 Å². The van der Waals surface area contributed by atoms with Crippen LogP contribution >= 0.6 is 0 Å². The average molecular weight is 254 g/mol. The molecule has 0 spiro atoms. The van der Waals surface area contributed by atoms with E-state index in [4.69, 9.17) is 10.4 Å². The van der Waals surface area contributed by atoms with Crippen molar-refractivity contribution in [2.45, 2.75) is 0 Å². The highest BCUT2D eigenvalue weighted by molar-refractivity contribution is 7.92. The van der Waals surface area contributed by atoms with Crippen molar-refractivity contribution in [1.82, 2.24) is 0 Å². The monoisotopic (exact) mass is 254 g/mol. The van der Waals surface area contributed by atoms with Crippen LogP contribution in [0.2, 0.25) is 0 Å². The van der Waals surface area contributed by atoms with Gasteiger partial charge in [-0.05, 0) is 24.3 Å². The molecule has 0 aliphatic rings. The number of rotatable bonds is 4.